The molecule has 5 nitrogen and oxygen atoms in total. The molecule has 0 unspecified atom stereocenters. The van der Waals surface area contributed by atoms with E-state index in [1.165, 1.54) is 0 Å². The molecule has 0 radical (unpaired) electrons. The Labute approximate surface area is 110 Å². The maximum atomic E-state index is 11.3. The van der Waals surface area contributed by atoms with Crippen LogP contribution >= 0.6 is 12.4 Å². The Kier molecular flexibility index (Phi) is 14.5. The molecule has 0 saturated heterocycles. The van der Waals surface area contributed by atoms with Crippen LogP contribution in [0.15, 0.2) is 0 Å². The highest BCUT2D eigenvalue weighted by Gasteiger charge is 2.05. The zero-order valence-electron chi connectivity index (χ0n) is 10.7. The summed E-state index contributed by atoms with van der Waals surface area (Å²) in [6.07, 6.45) is 1.45. The number of nitrogens with one attached hydrogen (secondary N) is 3. The lowest BCUT2D eigenvalue weighted by molar-refractivity contribution is -0.126. The first kappa shape index (κ1) is 18.6. The summed E-state index contributed by atoms with van der Waals surface area (Å²) >= 11 is 0. The second kappa shape index (κ2) is 13.3. The third-order valence-electron chi connectivity index (χ3n) is 2.03. The van der Waals surface area contributed by atoms with E-state index in [0.717, 1.165) is 19.5 Å². The number of hydrogen-bond donors (Lipinski definition) is 3. The Morgan fingerprint density at radius 1 is 0.882 bits per heavy atom. The number of carbonyl (C=O) groups excluding carboxylic acids is 2. The number of halogens is 1. The quantitative estimate of drug-likeness (QED) is 0.530. The predicted molar refractivity (Wildman–Crippen MR) is 71.3 cm³/mol. The van der Waals surface area contributed by atoms with E-state index in [4.69, 9.17) is 0 Å². The van der Waals surface area contributed by atoms with Gasteiger partial charge in [0.1, 0.15) is 0 Å². The number of amides is 2. The minimum Gasteiger partial charge on any atom is -0.356 e. The van der Waals surface area contributed by atoms with Gasteiger partial charge in [-0.2, -0.15) is 0 Å². The van der Waals surface area contributed by atoms with Crippen LogP contribution in [0.2, 0.25) is 0 Å². The number of likely N-dealkylation sites (N-methyl/N-ethyl adjacent to an activating group) is 1. The molecule has 0 rings (SSSR count). The van der Waals surface area contributed by atoms with E-state index < -0.39 is 0 Å². The SMILES string of the molecule is CCCNC(=O)CCC(=O)NCCNCC.Cl. The molecule has 0 fully saturated rings. The van der Waals surface area contributed by atoms with Crippen LogP contribution in [0.4, 0.5) is 0 Å². The first-order valence-electron chi connectivity index (χ1n) is 5.94. The summed E-state index contributed by atoms with van der Waals surface area (Å²) in [5.41, 5.74) is 0. The average molecular weight is 266 g/mol. The van der Waals surface area contributed by atoms with Crippen LogP contribution in [0.3, 0.4) is 0 Å². The van der Waals surface area contributed by atoms with Gasteiger partial charge in [0.15, 0.2) is 0 Å². The van der Waals surface area contributed by atoms with Crippen molar-refractivity contribution in [3.8, 4) is 0 Å². The first-order chi connectivity index (χ1) is 7.70. The van der Waals surface area contributed by atoms with E-state index in [1.807, 2.05) is 13.8 Å². The minimum atomic E-state index is -0.0652. The first-order valence-corrected chi connectivity index (χ1v) is 5.94. The third-order valence-corrected chi connectivity index (χ3v) is 2.03. The van der Waals surface area contributed by atoms with Crippen molar-refractivity contribution in [1.82, 2.24) is 16.0 Å². The Balaban J connectivity index is 0. The molecule has 0 aliphatic carbocycles. The lowest BCUT2D eigenvalue weighted by Gasteiger charge is -2.05. The van der Waals surface area contributed by atoms with Crippen molar-refractivity contribution < 1.29 is 9.59 Å². The maximum absolute atomic E-state index is 11.3. The third kappa shape index (κ3) is 13.1. The van der Waals surface area contributed by atoms with Gasteiger partial charge in [-0.05, 0) is 13.0 Å². The fourth-order valence-corrected chi connectivity index (χ4v) is 1.14. The molecule has 0 saturated carbocycles. The summed E-state index contributed by atoms with van der Waals surface area (Å²) in [5, 5.41) is 8.58. The summed E-state index contributed by atoms with van der Waals surface area (Å²) in [7, 11) is 0. The fraction of sp³-hybridized carbons (Fsp3) is 0.818. The van der Waals surface area contributed by atoms with Gasteiger partial charge in [0.05, 0.1) is 0 Å². The summed E-state index contributed by atoms with van der Waals surface area (Å²) in [4.78, 5) is 22.4. The van der Waals surface area contributed by atoms with Crippen molar-refractivity contribution in [2.24, 2.45) is 0 Å². The van der Waals surface area contributed by atoms with Gasteiger partial charge in [-0.1, -0.05) is 13.8 Å². The maximum Gasteiger partial charge on any atom is 0.220 e. The molecule has 0 aromatic rings. The van der Waals surface area contributed by atoms with Crippen molar-refractivity contribution in [3.63, 3.8) is 0 Å². The summed E-state index contributed by atoms with van der Waals surface area (Å²) < 4.78 is 0. The highest BCUT2D eigenvalue weighted by Crippen LogP contribution is 1.89. The van der Waals surface area contributed by atoms with E-state index in [2.05, 4.69) is 16.0 Å². The zero-order chi connectivity index (χ0) is 12.2. The van der Waals surface area contributed by atoms with Crippen molar-refractivity contribution in [1.29, 1.82) is 0 Å². The van der Waals surface area contributed by atoms with Crippen LogP contribution in [-0.4, -0.2) is 38.0 Å². The molecule has 0 aromatic heterocycles. The highest BCUT2D eigenvalue weighted by atomic mass is 35.5. The number of carbonyl (C=O) groups is 2. The fourth-order valence-electron chi connectivity index (χ4n) is 1.14. The molecule has 102 valence electrons. The van der Waals surface area contributed by atoms with Gasteiger partial charge >= 0.3 is 0 Å². The normalized spacial score (nSPS) is 9.29. The van der Waals surface area contributed by atoms with E-state index in [-0.39, 0.29) is 37.1 Å². The van der Waals surface area contributed by atoms with Crippen LogP contribution < -0.4 is 16.0 Å². The number of rotatable bonds is 9. The second-order valence-electron chi connectivity index (χ2n) is 3.55. The zero-order valence-corrected chi connectivity index (χ0v) is 11.5. The standard InChI is InChI=1S/C11H23N3O2.ClH/c1-3-7-13-10(15)5-6-11(16)14-9-8-12-4-2;/h12H,3-9H2,1-2H3,(H,13,15)(H,14,16);1H. The molecule has 6 heteroatoms. The summed E-state index contributed by atoms with van der Waals surface area (Å²) in [5.74, 6) is -0.117. The molecule has 0 aliphatic rings. The summed E-state index contributed by atoms with van der Waals surface area (Å²) in [6.45, 7) is 6.97. The van der Waals surface area contributed by atoms with E-state index >= 15 is 0 Å². The molecule has 0 spiro atoms. The lowest BCUT2D eigenvalue weighted by atomic mass is 10.2. The van der Waals surface area contributed by atoms with Crippen molar-refractivity contribution >= 4 is 24.2 Å². The predicted octanol–water partition coefficient (Wildman–Crippen LogP) is 0.440. The lowest BCUT2D eigenvalue weighted by Crippen LogP contribution is -2.32. The highest BCUT2D eigenvalue weighted by molar-refractivity contribution is 5.85. The van der Waals surface area contributed by atoms with Gasteiger partial charge in [-0.3, -0.25) is 9.59 Å². The summed E-state index contributed by atoms with van der Waals surface area (Å²) in [6, 6.07) is 0. The van der Waals surface area contributed by atoms with E-state index in [0.29, 0.717) is 13.1 Å². The molecule has 0 heterocycles. The van der Waals surface area contributed by atoms with E-state index in [1.54, 1.807) is 0 Å². The van der Waals surface area contributed by atoms with Crippen molar-refractivity contribution in [3.05, 3.63) is 0 Å². The molecule has 17 heavy (non-hydrogen) atoms. The van der Waals surface area contributed by atoms with Gasteiger partial charge in [0, 0.05) is 32.5 Å². The molecular weight excluding hydrogens is 242 g/mol. The smallest absolute Gasteiger partial charge is 0.220 e. The molecule has 0 atom stereocenters. The molecule has 0 aliphatic heterocycles. The van der Waals surface area contributed by atoms with Gasteiger partial charge in [0.2, 0.25) is 11.8 Å². The van der Waals surface area contributed by atoms with Crippen molar-refractivity contribution in [2.75, 3.05) is 26.2 Å². The van der Waals surface area contributed by atoms with Crippen LogP contribution in [0, 0.1) is 0 Å². The largest absolute Gasteiger partial charge is 0.356 e. The molecule has 0 bridgehead atoms. The monoisotopic (exact) mass is 265 g/mol. The van der Waals surface area contributed by atoms with Gasteiger partial charge in [-0.15, -0.1) is 12.4 Å². The van der Waals surface area contributed by atoms with E-state index in [9.17, 15) is 9.59 Å². The minimum absolute atomic E-state index is 0. The van der Waals surface area contributed by atoms with Crippen LogP contribution in [0.1, 0.15) is 33.1 Å². The average Bonchev–Trinajstić information content (AvgIpc) is 2.29. The number of hydrogen-bond acceptors (Lipinski definition) is 3. The second-order valence-corrected chi connectivity index (χ2v) is 3.55. The van der Waals surface area contributed by atoms with Gasteiger partial charge in [0.25, 0.3) is 0 Å². The molecule has 0 aromatic carbocycles. The molecular formula is C11H24ClN3O2. The topological polar surface area (TPSA) is 70.2 Å². The van der Waals surface area contributed by atoms with Gasteiger partial charge in [-0.25, -0.2) is 0 Å². The van der Waals surface area contributed by atoms with Gasteiger partial charge < -0.3 is 16.0 Å². The van der Waals surface area contributed by atoms with Crippen LogP contribution in [0.25, 0.3) is 0 Å². The Morgan fingerprint density at radius 2 is 1.41 bits per heavy atom. The molecule has 2 amide bonds. The Hall–Kier alpha value is -0.810. The van der Waals surface area contributed by atoms with Crippen LogP contribution in [-0.2, 0) is 9.59 Å². The molecule has 3 N–H and O–H groups in total. The van der Waals surface area contributed by atoms with Crippen LogP contribution in [0.5, 0.6) is 0 Å². The Bertz CT molecular complexity index is 213. The Morgan fingerprint density at radius 3 is 1.88 bits per heavy atom. The van der Waals surface area contributed by atoms with Crippen molar-refractivity contribution in [2.45, 2.75) is 33.1 Å².